The second-order valence-corrected chi connectivity index (χ2v) is 8.14. The number of benzene rings is 1. The van der Waals surface area contributed by atoms with Gasteiger partial charge in [-0.05, 0) is 36.0 Å². The highest BCUT2D eigenvalue weighted by molar-refractivity contribution is 5.52. The number of H-pyrrole nitrogens is 1. The van der Waals surface area contributed by atoms with Crippen LogP contribution in [0.2, 0.25) is 0 Å². The lowest BCUT2D eigenvalue weighted by molar-refractivity contribution is 0.543. The van der Waals surface area contributed by atoms with Crippen LogP contribution in [0.15, 0.2) is 47.3 Å². The summed E-state index contributed by atoms with van der Waals surface area (Å²) < 4.78 is 18.8. The number of piperidine rings is 1. The lowest BCUT2D eigenvalue weighted by Crippen LogP contribution is -2.23. The van der Waals surface area contributed by atoms with E-state index in [1.807, 2.05) is 0 Å². The van der Waals surface area contributed by atoms with Gasteiger partial charge < -0.3 is 14.6 Å². The molecule has 0 amide bonds. The van der Waals surface area contributed by atoms with Crippen LogP contribution in [0, 0.1) is 17.7 Å². The van der Waals surface area contributed by atoms with E-state index in [0.717, 1.165) is 30.8 Å². The first-order valence-corrected chi connectivity index (χ1v) is 10.5. The Morgan fingerprint density at radius 3 is 2.56 bits per heavy atom. The van der Waals surface area contributed by atoms with Gasteiger partial charge in [-0.3, -0.25) is 0 Å². The molecule has 1 saturated heterocycles. The van der Waals surface area contributed by atoms with Crippen molar-refractivity contribution in [3.63, 3.8) is 0 Å². The molecular formula is C21H20FN9O. The lowest BCUT2D eigenvalue weighted by atomic mass is 10.1. The summed E-state index contributed by atoms with van der Waals surface area (Å²) in [6, 6.07) is 6.98. The van der Waals surface area contributed by atoms with Crippen LogP contribution in [0.25, 0.3) is 11.5 Å². The maximum Gasteiger partial charge on any atom is 0.318 e. The van der Waals surface area contributed by atoms with E-state index in [-0.39, 0.29) is 5.82 Å². The van der Waals surface area contributed by atoms with Crippen molar-refractivity contribution in [2.75, 3.05) is 29.9 Å². The van der Waals surface area contributed by atoms with Crippen LogP contribution in [-0.2, 0) is 6.42 Å². The minimum atomic E-state index is -0.234. The third-order valence-electron chi connectivity index (χ3n) is 6.16. The molecule has 3 aromatic heterocycles. The van der Waals surface area contributed by atoms with E-state index in [9.17, 15) is 4.39 Å². The fraction of sp³-hybridized carbons (Fsp3) is 0.333. The number of nitrogens with one attached hydrogen (secondary N) is 2. The maximum absolute atomic E-state index is 13.0. The molecule has 1 aromatic carbocycles. The Morgan fingerprint density at radius 2 is 1.84 bits per heavy atom. The van der Waals surface area contributed by atoms with Gasteiger partial charge in [0.1, 0.15) is 5.82 Å². The van der Waals surface area contributed by atoms with Gasteiger partial charge in [0.2, 0.25) is 5.95 Å². The summed E-state index contributed by atoms with van der Waals surface area (Å²) in [7, 11) is 0. The molecule has 1 unspecified atom stereocenters. The fourth-order valence-corrected chi connectivity index (χ4v) is 4.45. The largest absolute Gasteiger partial charge is 0.403 e. The Balaban J connectivity index is 1.03. The van der Waals surface area contributed by atoms with Crippen molar-refractivity contribution in [2.45, 2.75) is 12.3 Å². The minimum Gasteiger partial charge on any atom is -0.403 e. The second-order valence-electron chi connectivity index (χ2n) is 8.14. The van der Waals surface area contributed by atoms with Crippen molar-refractivity contribution >= 4 is 12.0 Å². The van der Waals surface area contributed by atoms with Gasteiger partial charge in [0, 0.05) is 37.9 Å². The number of rotatable bonds is 7. The van der Waals surface area contributed by atoms with E-state index in [2.05, 4.69) is 45.8 Å². The average molecular weight is 433 g/mol. The first-order valence-electron chi connectivity index (χ1n) is 10.5. The van der Waals surface area contributed by atoms with E-state index in [4.69, 9.17) is 4.42 Å². The van der Waals surface area contributed by atoms with Crippen molar-refractivity contribution in [3.05, 3.63) is 59.9 Å². The molecule has 0 bridgehead atoms. The summed E-state index contributed by atoms with van der Waals surface area (Å²) in [5.41, 5.74) is 2.74. The zero-order valence-electron chi connectivity index (χ0n) is 17.0. The zero-order chi connectivity index (χ0) is 21.5. The molecule has 4 heterocycles. The lowest BCUT2D eigenvalue weighted by Gasteiger charge is -2.15. The molecule has 3 atom stereocenters. The normalized spacial score (nSPS) is 21.5. The summed E-state index contributed by atoms with van der Waals surface area (Å²) in [6.45, 7) is 2.39. The molecule has 1 saturated carbocycles. The summed E-state index contributed by atoms with van der Waals surface area (Å²) in [5, 5.41) is 22.3. The topological polar surface area (TPSA) is 122 Å². The molecular weight excluding hydrogens is 413 g/mol. The van der Waals surface area contributed by atoms with Crippen LogP contribution < -0.4 is 10.2 Å². The molecule has 10 nitrogen and oxygen atoms in total. The summed E-state index contributed by atoms with van der Waals surface area (Å²) in [4.78, 5) is 10.8. The highest BCUT2D eigenvalue weighted by atomic mass is 19.1. The SMILES string of the molecule is Fc1ccc(CCNc2ncc(-c3nnc(N4C[C@@H]5C(c6cn[nH]n6)[C@@H]5C4)o3)cn2)cc1. The third kappa shape index (κ3) is 3.55. The van der Waals surface area contributed by atoms with Crippen LogP contribution in [0.5, 0.6) is 0 Å². The van der Waals surface area contributed by atoms with Gasteiger partial charge in [0.05, 0.1) is 17.5 Å². The van der Waals surface area contributed by atoms with E-state index in [0.29, 0.717) is 47.7 Å². The number of nitrogens with zero attached hydrogens (tertiary/aromatic N) is 7. The van der Waals surface area contributed by atoms with Gasteiger partial charge in [-0.1, -0.05) is 17.2 Å². The monoisotopic (exact) mass is 433 g/mol. The Bertz CT molecular complexity index is 1180. The van der Waals surface area contributed by atoms with Crippen LogP contribution in [-0.4, -0.2) is 55.2 Å². The summed E-state index contributed by atoms with van der Waals surface area (Å²) in [6.07, 6.45) is 5.87. The quantitative estimate of drug-likeness (QED) is 0.452. The number of aromatic amines is 1. The fourth-order valence-electron chi connectivity index (χ4n) is 4.45. The van der Waals surface area contributed by atoms with Crippen LogP contribution >= 0.6 is 0 Å². The van der Waals surface area contributed by atoms with Gasteiger partial charge in [-0.15, -0.1) is 5.10 Å². The minimum absolute atomic E-state index is 0.234. The molecule has 2 aliphatic rings. The molecule has 11 heteroatoms. The van der Waals surface area contributed by atoms with Gasteiger partial charge in [-0.25, -0.2) is 14.4 Å². The zero-order valence-corrected chi connectivity index (χ0v) is 17.0. The van der Waals surface area contributed by atoms with Crippen LogP contribution in [0.3, 0.4) is 0 Å². The molecule has 1 aliphatic carbocycles. The van der Waals surface area contributed by atoms with Gasteiger partial charge in [0.25, 0.3) is 5.89 Å². The van der Waals surface area contributed by atoms with Crippen molar-refractivity contribution in [1.82, 2.24) is 35.6 Å². The number of hydrogen-bond donors (Lipinski definition) is 2. The highest BCUT2D eigenvalue weighted by Crippen LogP contribution is 2.58. The van der Waals surface area contributed by atoms with E-state index >= 15 is 0 Å². The smallest absolute Gasteiger partial charge is 0.318 e. The average Bonchev–Trinajstić information content (AvgIpc) is 3.35. The maximum atomic E-state index is 13.0. The Labute approximate surface area is 182 Å². The van der Waals surface area contributed by atoms with Crippen LogP contribution in [0.1, 0.15) is 17.2 Å². The number of fused-ring (bicyclic) bond motifs is 1. The number of aromatic nitrogens is 7. The first kappa shape index (κ1) is 18.8. The van der Waals surface area contributed by atoms with Gasteiger partial charge >= 0.3 is 6.01 Å². The highest BCUT2D eigenvalue weighted by Gasteiger charge is 2.58. The number of anilines is 2. The molecule has 2 N–H and O–H groups in total. The van der Waals surface area contributed by atoms with Gasteiger partial charge in [0.15, 0.2) is 0 Å². The number of halogens is 1. The molecule has 1 aliphatic heterocycles. The third-order valence-corrected chi connectivity index (χ3v) is 6.16. The van der Waals surface area contributed by atoms with E-state index in [1.54, 1.807) is 30.7 Å². The summed E-state index contributed by atoms with van der Waals surface area (Å²) in [5.74, 6) is 2.25. The second kappa shape index (κ2) is 7.66. The van der Waals surface area contributed by atoms with Gasteiger partial charge in [-0.2, -0.15) is 15.4 Å². The first-order chi connectivity index (χ1) is 15.7. The molecule has 6 rings (SSSR count). The Morgan fingerprint density at radius 1 is 1.06 bits per heavy atom. The Hall–Kier alpha value is -3.89. The predicted octanol–water partition coefficient (Wildman–Crippen LogP) is 2.29. The van der Waals surface area contributed by atoms with E-state index < -0.39 is 0 Å². The molecule has 0 radical (unpaired) electrons. The van der Waals surface area contributed by atoms with Crippen molar-refractivity contribution in [3.8, 4) is 11.5 Å². The van der Waals surface area contributed by atoms with Crippen molar-refractivity contribution in [1.29, 1.82) is 0 Å². The van der Waals surface area contributed by atoms with E-state index in [1.165, 1.54) is 12.1 Å². The van der Waals surface area contributed by atoms with Crippen LogP contribution in [0.4, 0.5) is 16.4 Å². The standard InChI is InChI=1S/C21H20FN9O/c22-14-3-1-12(2-4-14)5-6-23-20-24-7-13(8-25-20)19-28-29-21(32-19)31-10-15-16(11-31)18(15)17-9-26-30-27-17/h1-4,7-9,15-16,18H,5-6,10-11H2,(H,23,24,25)(H,26,27,30)/t15-,16+,18?. The molecule has 32 heavy (non-hydrogen) atoms. The summed E-state index contributed by atoms with van der Waals surface area (Å²) >= 11 is 0. The predicted molar refractivity (Wildman–Crippen MR) is 112 cm³/mol. The number of hydrogen-bond acceptors (Lipinski definition) is 9. The molecule has 2 fully saturated rings. The molecule has 0 spiro atoms. The molecule has 162 valence electrons. The Kier molecular flexibility index (Phi) is 4.51. The van der Waals surface area contributed by atoms with Crippen molar-refractivity contribution < 1.29 is 8.81 Å². The molecule has 4 aromatic rings. The van der Waals surface area contributed by atoms with Crippen molar-refractivity contribution in [2.24, 2.45) is 11.8 Å².